The lowest BCUT2D eigenvalue weighted by atomic mass is 10.1. The minimum atomic E-state index is 0.865. The van der Waals surface area contributed by atoms with Gasteiger partial charge in [0.1, 0.15) is 0 Å². The highest BCUT2D eigenvalue weighted by atomic mass is 79.9. The Labute approximate surface area is 106 Å². The molecule has 0 heterocycles. The van der Waals surface area contributed by atoms with E-state index in [0.29, 0.717) is 0 Å². The SMILES string of the molecule is Nc1cc(Br)ccc1CNCCCC1CC1. The van der Waals surface area contributed by atoms with Gasteiger partial charge in [0.15, 0.2) is 0 Å². The molecule has 2 nitrogen and oxygen atoms in total. The van der Waals surface area contributed by atoms with Crippen molar-refractivity contribution in [1.29, 1.82) is 0 Å². The summed E-state index contributed by atoms with van der Waals surface area (Å²) in [6.07, 6.45) is 5.60. The number of rotatable bonds is 6. The Bertz CT molecular complexity index is 348. The monoisotopic (exact) mass is 282 g/mol. The molecule has 0 radical (unpaired) electrons. The fourth-order valence-electron chi connectivity index (χ4n) is 1.87. The second-order valence-electron chi connectivity index (χ2n) is 4.61. The first-order chi connectivity index (χ1) is 7.75. The molecule has 3 N–H and O–H groups in total. The quantitative estimate of drug-likeness (QED) is 0.621. The Morgan fingerprint density at radius 2 is 2.19 bits per heavy atom. The van der Waals surface area contributed by atoms with Crippen molar-refractivity contribution in [3.8, 4) is 0 Å². The van der Waals surface area contributed by atoms with E-state index in [1.54, 1.807) is 0 Å². The van der Waals surface area contributed by atoms with Crippen molar-refractivity contribution in [2.45, 2.75) is 32.2 Å². The molecule has 2 rings (SSSR count). The average Bonchev–Trinajstić information content (AvgIpc) is 3.04. The maximum Gasteiger partial charge on any atom is 0.0370 e. The summed E-state index contributed by atoms with van der Waals surface area (Å²) in [6, 6.07) is 6.08. The van der Waals surface area contributed by atoms with Gasteiger partial charge in [-0.1, -0.05) is 34.8 Å². The van der Waals surface area contributed by atoms with E-state index in [4.69, 9.17) is 5.73 Å². The number of nitrogen functional groups attached to an aromatic ring is 1. The van der Waals surface area contributed by atoms with Crippen molar-refractivity contribution in [2.75, 3.05) is 12.3 Å². The van der Waals surface area contributed by atoms with Crippen LogP contribution in [0.5, 0.6) is 0 Å². The zero-order valence-corrected chi connectivity index (χ0v) is 11.1. The molecule has 0 unspecified atom stereocenters. The van der Waals surface area contributed by atoms with Gasteiger partial charge in [0, 0.05) is 16.7 Å². The number of nitrogens with one attached hydrogen (secondary N) is 1. The summed E-state index contributed by atoms with van der Waals surface area (Å²) in [5, 5.41) is 3.45. The van der Waals surface area contributed by atoms with E-state index in [0.717, 1.165) is 29.2 Å². The first-order valence-corrected chi connectivity index (χ1v) is 6.79. The minimum Gasteiger partial charge on any atom is -0.398 e. The fraction of sp³-hybridized carbons (Fsp3) is 0.538. The molecule has 1 aromatic carbocycles. The van der Waals surface area contributed by atoms with Crippen LogP contribution in [0.4, 0.5) is 5.69 Å². The van der Waals surface area contributed by atoms with Gasteiger partial charge in [0.05, 0.1) is 0 Å². The molecule has 88 valence electrons. The standard InChI is InChI=1S/C13H19BrN2/c14-12-6-5-11(13(15)8-12)9-16-7-1-2-10-3-4-10/h5-6,8,10,16H,1-4,7,9,15H2. The normalized spacial score (nSPS) is 15.3. The van der Waals surface area contributed by atoms with Gasteiger partial charge in [-0.25, -0.2) is 0 Å². The largest absolute Gasteiger partial charge is 0.398 e. The third-order valence-electron chi connectivity index (χ3n) is 3.09. The zero-order chi connectivity index (χ0) is 11.4. The van der Waals surface area contributed by atoms with Crippen molar-refractivity contribution in [1.82, 2.24) is 5.32 Å². The summed E-state index contributed by atoms with van der Waals surface area (Å²) in [4.78, 5) is 0. The van der Waals surface area contributed by atoms with Crippen LogP contribution < -0.4 is 11.1 Å². The van der Waals surface area contributed by atoms with Crippen LogP contribution in [0.3, 0.4) is 0 Å². The molecular formula is C13H19BrN2. The minimum absolute atomic E-state index is 0.865. The van der Waals surface area contributed by atoms with Crippen LogP contribution in [0.25, 0.3) is 0 Å². The molecule has 0 atom stereocenters. The number of anilines is 1. The molecule has 1 saturated carbocycles. The van der Waals surface area contributed by atoms with E-state index in [9.17, 15) is 0 Å². The first kappa shape index (κ1) is 11.9. The van der Waals surface area contributed by atoms with Crippen LogP contribution >= 0.6 is 15.9 Å². The molecule has 0 bridgehead atoms. The number of hydrogen-bond acceptors (Lipinski definition) is 2. The molecule has 0 aromatic heterocycles. The van der Waals surface area contributed by atoms with Gasteiger partial charge >= 0.3 is 0 Å². The third-order valence-corrected chi connectivity index (χ3v) is 3.58. The number of nitrogens with two attached hydrogens (primary N) is 1. The van der Waals surface area contributed by atoms with Crippen molar-refractivity contribution < 1.29 is 0 Å². The van der Waals surface area contributed by atoms with Crippen LogP contribution in [0.15, 0.2) is 22.7 Å². The molecule has 1 aromatic rings. The van der Waals surface area contributed by atoms with Gasteiger partial charge in [-0.15, -0.1) is 0 Å². The summed E-state index contributed by atoms with van der Waals surface area (Å²) < 4.78 is 1.04. The van der Waals surface area contributed by atoms with Gasteiger partial charge in [0.25, 0.3) is 0 Å². The van der Waals surface area contributed by atoms with Gasteiger partial charge in [0.2, 0.25) is 0 Å². The Morgan fingerprint density at radius 1 is 1.38 bits per heavy atom. The molecule has 1 aliphatic rings. The van der Waals surface area contributed by atoms with E-state index < -0.39 is 0 Å². The Hall–Kier alpha value is -0.540. The predicted molar refractivity (Wildman–Crippen MR) is 72.2 cm³/mol. The highest BCUT2D eigenvalue weighted by Gasteiger charge is 2.19. The van der Waals surface area contributed by atoms with E-state index in [1.807, 2.05) is 12.1 Å². The molecule has 16 heavy (non-hydrogen) atoms. The third kappa shape index (κ3) is 3.80. The van der Waals surface area contributed by atoms with Crippen LogP contribution in [0.1, 0.15) is 31.2 Å². The van der Waals surface area contributed by atoms with E-state index in [2.05, 4.69) is 27.3 Å². The van der Waals surface area contributed by atoms with Crippen molar-refractivity contribution in [3.63, 3.8) is 0 Å². The fourth-order valence-corrected chi connectivity index (χ4v) is 2.25. The predicted octanol–water partition coefficient (Wildman–Crippen LogP) is 3.31. The van der Waals surface area contributed by atoms with Gasteiger partial charge in [-0.2, -0.15) is 0 Å². The Morgan fingerprint density at radius 3 is 2.88 bits per heavy atom. The molecule has 0 aliphatic heterocycles. The average molecular weight is 283 g/mol. The van der Waals surface area contributed by atoms with Gasteiger partial charge in [-0.05, 0) is 43.0 Å². The molecule has 0 spiro atoms. The van der Waals surface area contributed by atoms with Crippen LogP contribution in [0, 0.1) is 5.92 Å². The highest BCUT2D eigenvalue weighted by molar-refractivity contribution is 9.10. The van der Waals surface area contributed by atoms with Gasteiger partial charge in [-0.3, -0.25) is 0 Å². The van der Waals surface area contributed by atoms with Gasteiger partial charge < -0.3 is 11.1 Å². The maximum atomic E-state index is 5.92. The van der Waals surface area contributed by atoms with E-state index in [1.165, 1.54) is 31.2 Å². The Kier molecular flexibility index (Phi) is 4.24. The summed E-state index contributed by atoms with van der Waals surface area (Å²) in [5.41, 5.74) is 7.98. The highest BCUT2D eigenvalue weighted by Crippen LogP contribution is 2.33. The zero-order valence-electron chi connectivity index (χ0n) is 9.51. The maximum absolute atomic E-state index is 5.92. The lowest BCUT2D eigenvalue weighted by molar-refractivity contribution is 0.594. The summed E-state index contributed by atoms with van der Waals surface area (Å²) in [7, 11) is 0. The van der Waals surface area contributed by atoms with E-state index in [-0.39, 0.29) is 0 Å². The lowest BCUT2D eigenvalue weighted by Gasteiger charge is -2.07. The van der Waals surface area contributed by atoms with Crippen LogP contribution in [-0.2, 0) is 6.54 Å². The number of halogens is 1. The van der Waals surface area contributed by atoms with Crippen molar-refractivity contribution >= 4 is 21.6 Å². The Balaban J connectivity index is 1.67. The molecule has 1 fully saturated rings. The first-order valence-electron chi connectivity index (χ1n) is 6.00. The van der Waals surface area contributed by atoms with E-state index >= 15 is 0 Å². The van der Waals surface area contributed by atoms with Crippen LogP contribution in [-0.4, -0.2) is 6.54 Å². The number of benzene rings is 1. The molecule has 0 saturated heterocycles. The molecular weight excluding hydrogens is 264 g/mol. The van der Waals surface area contributed by atoms with Crippen LogP contribution in [0.2, 0.25) is 0 Å². The van der Waals surface area contributed by atoms with Crippen molar-refractivity contribution in [2.24, 2.45) is 5.92 Å². The summed E-state index contributed by atoms with van der Waals surface area (Å²) in [5.74, 6) is 1.04. The second kappa shape index (κ2) is 5.69. The lowest BCUT2D eigenvalue weighted by Crippen LogP contribution is -2.15. The van der Waals surface area contributed by atoms with Crippen molar-refractivity contribution in [3.05, 3.63) is 28.2 Å². The second-order valence-corrected chi connectivity index (χ2v) is 5.52. The molecule has 3 heteroatoms. The summed E-state index contributed by atoms with van der Waals surface area (Å²) in [6.45, 7) is 1.98. The molecule has 0 amide bonds. The summed E-state index contributed by atoms with van der Waals surface area (Å²) >= 11 is 3.41. The molecule has 1 aliphatic carbocycles. The smallest absolute Gasteiger partial charge is 0.0370 e. The topological polar surface area (TPSA) is 38.0 Å². The number of hydrogen-bond donors (Lipinski definition) is 2.